The van der Waals surface area contributed by atoms with Gasteiger partial charge in [0, 0.05) is 25.3 Å². The minimum atomic E-state index is 0.532. The zero-order valence-electron chi connectivity index (χ0n) is 15.5. The van der Waals surface area contributed by atoms with E-state index in [1.54, 1.807) is 7.11 Å². The highest BCUT2D eigenvalue weighted by molar-refractivity contribution is 5.46. The number of ether oxygens (including phenoxy) is 3. The molecule has 0 aliphatic heterocycles. The molecule has 4 heteroatoms. The first-order valence-electron chi connectivity index (χ1n) is 8.88. The lowest BCUT2D eigenvalue weighted by Gasteiger charge is -2.16. The van der Waals surface area contributed by atoms with Crippen LogP contribution >= 0.6 is 0 Å². The van der Waals surface area contributed by atoms with Crippen LogP contribution in [0.1, 0.15) is 30.0 Å². The Morgan fingerprint density at radius 3 is 2.56 bits per heavy atom. The molecule has 2 rings (SSSR count). The second-order valence-electron chi connectivity index (χ2n) is 5.89. The standard InChI is InChI=1S/C21H29NO3/c1-4-24-14-8-13-22-15-18-11-7-12-20(23-3)21(18)25-16-19-10-6-5-9-17(19)2/h5-7,9-12,22H,4,8,13-16H2,1-3H3. The monoisotopic (exact) mass is 343 g/mol. The maximum atomic E-state index is 6.13. The number of aryl methyl sites for hydroxylation is 1. The molecule has 0 radical (unpaired) electrons. The van der Waals surface area contributed by atoms with Crippen molar-refractivity contribution in [1.29, 1.82) is 0 Å². The lowest BCUT2D eigenvalue weighted by molar-refractivity contribution is 0.144. The van der Waals surface area contributed by atoms with Crippen LogP contribution in [0.4, 0.5) is 0 Å². The molecule has 2 aromatic carbocycles. The quantitative estimate of drug-likeness (QED) is 0.624. The molecule has 0 spiro atoms. The van der Waals surface area contributed by atoms with Crippen LogP contribution in [0.2, 0.25) is 0 Å². The second-order valence-corrected chi connectivity index (χ2v) is 5.89. The summed E-state index contributed by atoms with van der Waals surface area (Å²) in [7, 11) is 1.68. The average molecular weight is 343 g/mol. The van der Waals surface area contributed by atoms with Crippen LogP contribution in [-0.4, -0.2) is 26.9 Å². The molecule has 0 saturated carbocycles. The summed E-state index contributed by atoms with van der Waals surface area (Å²) in [4.78, 5) is 0. The van der Waals surface area contributed by atoms with Gasteiger partial charge in [0.2, 0.25) is 0 Å². The maximum absolute atomic E-state index is 6.13. The number of nitrogens with one attached hydrogen (secondary N) is 1. The molecule has 0 aliphatic carbocycles. The zero-order valence-corrected chi connectivity index (χ0v) is 15.5. The van der Waals surface area contributed by atoms with Gasteiger partial charge in [-0.3, -0.25) is 0 Å². The minimum Gasteiger partial charge on any atom is -0.493 e. The molecule has 0 bridgehead atoms. The Kier molecular flexibility index (Phi) is 8.29. The molecule has 0 aromatic heterocycles. The first-order chi connectivity index (χ1) is 12.3. The van der Waals surface area contributed by atoms with Gasteiger partial charge in [-0.2, -0.15) is 0 Å². The van der Waals surface area contributed by atoms with Crippen LogP contribution in [0.3, 0.4) is 0 Å². The van der Waals surface area contributed by atoms with Crippen LogP contribution in [0.15, 0.2) is 42.5 Å². The van der Waals surface area contributed by atoms with E-state index >= 15 is 0 Å². The molecule has 0 fully saturated rings. The molecule has 0 atom stereocenters. The van der Waals surface area contributed by atoms with E-state index in [0.29, 0.717) is 6.61 Å². The molecule has 0 heterocycles. The Labute approximate surface area is 151 Å². The van der Waals surface area contributed by atoms with E-state index in [4.69, 9.17) is 14.2 Å². The SMILES string of the molecule is CCOCCCNCc1cccc(OC)c1OCc1ccccc1C. The van der Waals surface area contributed by atoms with E-state index in [1.165, 1.54) is 11.1 Å². The van der Waals surface area contributed by atoms with Crippen molar-refractivity contribution in [2.75, 3.05) is 26.9 Å². The Morgan fingerprint density at radius 1 is 1.00 bits per heavy atom. The van der Waals surface area contributed by atoms with Crippen LogP contribution in [-0.2, 0) is 17.9 Å². The highest BCUT2D eigenvalue weighted by atomic mass is 16.5. The first kappa shape index (κ1) is 19.3. The van der Waals surface area contributed by atoms with E-state index in [2.05, 4.69) is 30.4 Å². The Morgan fingerprint density at radius 2 is 1.80 bits per heavy atom. The van der Waals surface area contributed by atoms with Crippen LogP contribution in [0, 0.1) is 6.92 Å². The van der Waals surface area contributed by atoms with Crippen molar-refractivity contribution in [2.24, 2.45) is 0 Å². The normalized spacial score (nSPS) is 10.7. The van der Waals surface area contributed by atoms with Gasteiger partial charge in [-0.15, -0.1) is 0 Å². The van der Waals surface area contributed by atoms with Gasteiger partial charge in [-0.1, -0.05) is 36.4 Å². The van der Waals surface area contributed by atoms with Gasteiger partial charge >= 0.3 is 0 Å². The number of hydrogen-bond acceptors (Lipinski definition) is 4. The van der Waals surface area contributed by atoms with E-state index in [9.17, 15) is 0 Å². The van der Waals surface area contributed by atoms with Gasteiger partial charge in [-0.25, -0.2) is 0 Å². The summed E-state index contributed by atoms with van der Waals surface area (Å²) in [6.45, 7) is 7.86. The fourth-order valence-corrected chi connectivity index (χ4v) is 2.61. The van der Waals surface area contributed by atoms with Crippen LogP contribution in [0.5, 0.6) is 11.5 Å². The molecule has 0 amide bonds. The van der Waals surface area contributed by atoms with E-state index < -0.39 is 0 Å². The molecule has 4 nitrogen and oxygen atoms in total. The topological polar surface area (TPSA) is 39.7 Å². The summed E-state index contributed by atoms with van der Waals surface area (Å²) >= 11 is 0. The van der Waals surface area contributed by atoms with Crippen LogP contribution < -0.4 is 14.8 Å². The number of para-hydroxylation sites is 1. The third-order valence-corrected chi connectivity index (χ3v) is 4.08. The van der Waals surface area contributed by atoms with Crippen molar-refractivity contribution in [1.82, 2.24) is 5.32 Å². The van der Waals surface area contributed by atoms with Crippen molar-refractivity contribution >= 4 is 0 Å². The predicted octanol–water partition coefficient (Wildman–Crippen LogP) is 4.10. The van der Waals surface area contributed by atoms with Crippen molar-refractivity contribution < 1.29 is 14.2 Å². The van der Waals surface area contributed by atoms with Crippen molar-refractivity contribution in [3.8, 4) is 11.5 Å². The lowest BCUT2D eigenvalue weighted by Crippen LogP contribution is -2.17. The van der Waals surface area contributed by atoms with Crippen molar-refractivity contribution in [2.45, 2.75) is 33.4 Å². The molecule has 25 heavy (non-hydrogen) atoms. The van der Waals surface area contributed by atoms with Gasteiger partial charge in [0.25, 0.3) is 0 Å². The van der Waals surface area contributed by atoms with E-state index in [1.807, 2.05) is 31.2 Å². The van der Waals surface area contributed by atoms with E-state index in [0.717, 1.165) is 49.8 Å². The number of benzene rings is 2. The molecule has 0 saturated heterocycles. The lowest BCUT2D eigenvalue weighted by atomic mass is 10.1. The smallest absolute Gasteiger partial charge is 0.166 e. The number of methoxy groups -OCH3 is 1. The fourth-order valence-electron chi connectivity index (χ4n) is 2.61. The van der Waals surface area contributed by atoms with Crippen molar-refractivity contribution in [3.63, 3.8) is 0 Å². The van der Waals surface area contributed by atoms with Crippen molar-refractivity contribution in [3.05, 3.63) is 59.2 Å². The summed E-state index contributed by atoms with van der Waals surface area (Å²) < 4.78 is 17.0. The summed E-state index contributed by atoms with van der Waals surface area (Å²) in [6.07, 6.45) is 0.997. The molecular formula is C21H29NO3. The van der Waals surface area contributed by atoms with E-state index in [-0.39, 0.29) is 0 Å². The van der Waals surface area contributed by atoms with Gasteiger partial charge in [-0.05, 0) is 44.0 Å². The average Bonchev–Trinajstić information content (AvgIpc) is 2.64. The third-order valence-electron chi connectivity index (χ3n) is 4.08. The van der Waals surface area contributed by atoms with Gasteiger partial charge in [0.05, 0.1) is 7.11 Å². The molecule has 2 aromatic rings. The highest BCUT2D eigenvalue weighted by Gasteiger charge is 2.11. The molecule has 0 aliphatic rings. The summed E-state index contributed by atoms with van der Waals surface area (Å²) in [6, 6.07) is 14.3. The fraction of sp³-hybridized carbons (Fsp3) is 0.429. The molecule has 1 N–H and O–H groups in total. The molecule has 136 valence electrons. The summed E-state index contributed by atoms with van der Waals surface area (Å²) in [5.74, 6) is 1.58. The highest BCUT2D eigenvalue weighted by Crippen LogP contribution is 2.32. The van der Waals surface area contributed by atoms with Gasteiger partial charge in [0.15, 0.2) is 11.5 Å². The van der Waals surface area contributed by atoms with Gasteiger partial charge < -0.3 is 19.5 Å². The van der Waals surface area contributed by atoms with Gasteiger partial charge in [0.1, 0.15) is 6.61 Å². The summed E-state index contributed by atoms with van der Waals surface area (Å²) in [5, 5.41) is 3.45. The maximum Gasteiger partial charge on any atom is 0.166 e. The molecular weight excluding hydrogens is 314 g/mol. The van der Waals surface area contributed by atoms with Crippen LogP contribution in [0.25, 0.3) is 0 Å². The zero-order chi connectivity index (χ0) is 17.9. The minimum absolute atomic E-state index is 0.532. The first-order valence-corrected chi connectivity index (χ1v) is 8.88. The Hall–Kier alpha value is -2.04. The second kappa shape index (κ2) is 10.7. The predicted molar refractivity (Wildman–Crippen MR) is 101 cm³/mol. The largest absolute Gasteiger partial charge is 0.493 e. The summed E-state index contributed by atoms with van der Waals surface area (Å²) in [5.41, 5.74) is 3.52. The Balaban J connectivity index is 1.98. The third kappa shape index (κ3) is 6.07. The number of hydrogen-bond donors (Lipinski definition) is 1. The number of rotatable bonds is 11. The molecule has 0 unspecified atom stereocenters. The Bertz CT molecular complexity index is 643.